The third kappa shape index (κ3) is 32.2. The minimum absolute atomic E-state index is 0.0709. The van der Waals surface area contributed by atoms with Crippen molar-refractivity contribution >= 4 is 5.97 Å². The van der Waals surface area contributed by atoms with Crippen molar-refractivity contribution in [2.45, 2.75) is 325 Å². The van der Waals surface area contributed by atoms with Crippen molar-refractivity contribution in [3.63, 3.8) is 0 Å². The quantitative estimate of drug-likeness (QED) is 0.0223. The molecule has 2 heterocycles. The van der Waals surface area contributed by atoms with Crippen molar-refractivity contribution in [1.29, 1.82) is 0 Å². The molecule has 0 radical (unpaired) electrons. The molecule has 0 bridgehead atoms. The summed E-state index contributed by atoms with van der Waals surface area (Å²) < 4.78 is 34.4. The predicted octanol–water partition coefficient (Wildman–Crippen LogP) is 10.4. The first-order chi connectivity index (χ1) is 34.6. The molecular weight excluding hydrogens is 909 g/mol. The number of hydrogen-bond acceptors (Lipinski definition) is 14. The molecule has 2 fully saturated rings. The molecule has 2 saturated heterocycles. The second-order valence-corrected chi connectivity index (χ2v) is 21.2. The lowest BCUT2D eigenvalue weighted by Crippen LogP contribution is -2.61. The van der Waals surface area contributed by atoms with E-state index in [1.807, 2.05) is 0 Å². The fraction of sp³-hybridized carbons (Fsp3) is 0.982. The maximum Gasteiger partial charge on any atom is 0.306 e. The van der Waals surface area contributed by atoms with Crippen LogP contribution >= 0.6 is 0 Å². The normalized spacial score (nSPS) is 25.2. The van der Waals surface area contributed by atoms with Gasteiger partial charge in [-0.2, -0.15) is 0 Å². The smallest absolute Gasteiger partial charge is 0.306 e. The SMILES string of the molecule is CCCCCCCCCCCCCCCCCCCCCCCCOCC(COC1OC(COC2OC(CO)C(O)C(O)C2O)C(O)C(O)C1O)OC(=O)CCCCCCCCCCCCCCCCC. The first-order valence-electron chi connectivity index (χ1n) is 29.6. The van der Waals surface area contributed by atoms with Gasteiger partial charge in [0.15, 0.2) is 12.6 Å². The fourth-order valence-corrected chi connectivity index (χ4v) is 9.82. The topological polar surface area (TPSA) is 214 Å². The van der Waals surface area contributed by atoms with E-state index in [4.69, 9.17) is 28.4 Å². The van der Waals surface area contributed by atoms with Gasteiger partial charge in [0.1, 0.15) is 54.9 Å². The van der Waals surface area contributed by atoms with Gasteiger partial charge in [0.2, 0.25) is 0 Å². The molecule has 0 amide bonds. The molecule has 0 aliphatic carbocycles. The van der Waals surface area contributed by atoms with Crippen molar-refractivity contribution in [2.75, 3.05) is 33.0 Å². The van der Waals surface area contributed by atoms with Gasteiger partial charge < -0.3 is 64.2 Å². The summed E-state index contributed by atoms with van der Waals surface area (Å²) in [6, 6.07) is 0. The van der Waals surface area contributed by atoms with Gasteiger partial charge >= 0.3 is 5.97 Å². The highest BCUT2D eigenvalue weighted by Crippen LogP contribution is 2.27. The van der Waals surface area contributed by atoms with Crippen molar-refractivity contribution in [2.24, 2.45) is 0 Å². The lowest BCUT2D eigenvalue weighted by Gasteiger charge is -2.42. The molecule has 14 heteroatoms. The standard InChI is InChI=1S/C57H110O14/c1-3-5-7-9-11-13-15-17-19-20-21-22-23-24-25-27-29-31-33-35-37-39-41-66-43-46(69-49(59)40-38-36-34-32-30-28-26-18-16-14-12-10-8-6-4-2)44-67-56-55(65)53(63)51(61)48(71-56)45-68-57-54(64)52(62)50(60)47(42-58)70-57/h46-48,50-58,60-65H,3-45H2,1-2H3. The molecule has 2 rings (SSSR count). The molecule has 0 aromatic heterocycles. The summed E-state index contributed by atoms with van der Waals surface area (Å²) in [4.78, 5) is 13.1. The number of esters is 1. The average Bonchev–Trinajstić information content (AvgIpc) is 3.37. The van der Waals surface area contributed by atoms with Gasteiger partial charge in [-0.05, 0) is 12.8 Å². The highest BCUT2D eigenvalue weighted by molar-refractivity contribution is 5.69. The first-order valence-corrected chi connectivity index (χ1v) is 29.6. The molecule has 0 saturated carbocycles. The van der Waals surface area contributed by atoms with Crippen LogP contribution in [0.2, 0.25) is 0 Å². The molecule has 0 spiro atoms. The van der Waals surface area contributed by atoms with Crippen molar-refractivity contribution in [3.05, 3.63) is 0 Å². The van der Waals surface area contributed by atoms with Crippen LogP contribution in [0.3, 0.4) is 0 Å². The molecule has 71 heavy (non-hydrogen) atoms. The van der Waals surface area contributed by atoms with E-state index in [1.54, 1.807) is 0 Å². The summed E-state index contributed by atoms with van der Waals surface area (Å²) in [7, 11) is 0. The van der Waals surface area contributed by atoms with Gasteiger partial charge in [-0.15, -0.1) is 0 Å². The highest BCUT2D eigenvalue weighted by atomic mass is 16.7. The number of hydrogen-bond donors (Lipinski definition) is 7. The van der Waals surface area contributed by atoms with Crippen LogP contribution in [0.1, 0.15) is 258 Å². The summed E-state index contributed by atoms with van der Waals surface area (Å²) in [6.07, 6.45) is 31.7. The summed E-state index contributed by atoms with van der Waals surface area (Å²) >= 11 is 0. The van der Waals surface area contributed by atoms with E-state index in [2.05, 4.69) is 13.8 Å². The number of aliphatic hydroxyl groups excluding tert-OH is 7. The van der Waals surface area contributed by atoms with Crippen LogP contribution in [0, 0.1) is 0 Å². The van der Waals surface area contributed by atoms with Gasteiger partial charge in [-0.1, -0.05) is 239 Å². The molecule has 11 unspecified atom stereocenters. The van der Waals surface area contributed by atoms with Crippen molar-refractivity contribution < 1.29 is 69.0 Å². The van der Waals surface area contributed by atoms with Gasteiger partial charge in [-0.3, -0.25) is 4.79 Å². The van der Waals surface area contributed by atoms with Crippen LogP contribution in [0.4, 0.5) is 0 Å². The van der Waals surface area contributed by atoms with Crippen LogP contribution in [-0.4, -0.2) is 142 Å². The van der Waals surface area contributed by atoms with E-state index in [-0.39, 0.29) is 25.6 Å². The molecule has 0 aromatic carbocycles. The van der Waals surface area contributed by atoms with E-state index in [0.29, 0.717) is 6.61 Å². The lowest BCUT2D eigenvalue weighted by atomic mass is 9.98. The van der Waals surface area contributed by atoms with E-state index in [9.17, 15) is 40.5 Å². The monoisotopic (exact) mass is 1020 g/mol. The summed E-state index contributed by atoms with van der Waals surface area (Å²) in [5.41, 5.74) is 0. The van der Waals surface area contributed by atoms with E-state index >= 15 is 0 Å². The minimum atomic E-state index is -1.70. The Morgan fingerprint density at radius 2 is 0.746 bits per heavy atom. The molecule has 422 valence electrons. The molecule has 7 N–H and O–H groups in total. The van der Waals surface area contributed by atoms with E-state index < -0.39 is 80.7 Å². The maximum atomic E-state index is 13.1. The molecule has 2 aliphatic heterocycles. The predicted molar refractivity (Wildman–Crippen MR) is 280 cm³/mol. The zero-order valence-electron chi connectivity index (χ0n) is 45.2. The number of rotatable bonds is 49. The third-order valence-electron chi connectivity index (χ3n) is 14.6. The van der Waals surface area contributed by atoms with E-state index in [0.717, 1.165) is 44.9 Å². The Morgan fingerprint density at radius 1 is 0.408 bits per heavy atom. The van der Waals surface area contributed by atoms with Crippen LogP contribution in [0.25, 0.3) is 0 Å². The highest BCUT2D eigenvalue weighted by Gasteiger charge is 2.47. The Morgan fingerprint density at radius 3 is 1.14 bits per heavy atom. The Kier molecular flexibility index (Phi) is 42.1. The summed E-state index contributed by atoms with van der Waals surface area (Å²) in [5.74, 6) is -0.368. The molecular formula is C57H110O14. The fourth-order valence-electron chi connectivity index (χ4n) is 9.82. The average molecular weight is 1020 g/mol. The van der Waals surface area contributed by atoms with Gasteiger partial charge in [0.05, 0.1) is 26.4 Å². The van der Waals surface area contributed by atoms with Crippen LogP contribution < -0.4 is 0 Å². The maximum absolute atomic E-state index is 13.1. The zero-order valence-corrected chi connectivity index (χ0v) is 45.2. The second-order valence-electron chi connectivity index (χ2n) is 21.2. The first kappa shape index (κ1) is 66.1. The lowest BCUT2D eigenvalue weighted by molar-refractivity contribution is -0.332. The Bertz CT molecular complexity index is 1180. The van der Waals surface area contributed by atoms with Gasteiger partial charge in [0, 0.05) is 13.0 Å². The summed E-state index contributed by atoms with van der Waals surface area (Å²) in [6.45, 7) is 3.76. The van der Waals surface area contributed by atoms with Gasteiger partial charge in [0.25, 0.3) is 0 Å². The number of carbonyl (C=O) groups excluding carboxylic acids is 1. The second kappa shape index (κ2) is 45.2. The van der Waals surface area contributed by atoms with E-state index in [1.165, 1.54) is 193 Å². The van der Waals surface area contributed by atoms with Gasteiger partial charge in [-0.25, -0.2) is 0 Å². The molecule has 2 aliphatic rings. The largest absolute Gasteiger partial charge is 0.457 e. The minimum Gasteiger partial charge on any atom is -0.457 e. The zero-order chi connectivity index (χ0) is 51.6. The molecule has 0 aromatic rings. The number of carbonyl (C=O) groups is 1. The molecule has 14 nitrogen and oxygen atoms in total. The molecule has 11 atom stereocenters. The number of aliphatic hydroxyl groups is 7. The Balaban J connectivity index is 1.68. The summed E-state index contributed by atoms with van der Waals surface area (Å²) in [5, 5.41) is 72.3. The third-order valence-corrected chi connectivity index (χ3v) is 14.6. The van der Waals surface area contributed by atoms with Crippen LogP contribution in [0.5, 0.6) is 0 Å². The Labute approximate surface area is 432 Å². The van der Waals surface area contributed by atoms with Crippen molar-refractivity contribution in [3.8, 4) is 0 Å². The van der Waals surface area contributed by atoms with Crippen LogP contribution in [-0.2, 0) is 33.2 Å². The Hall–Kier alpha value is -1.01. The van der Waals surface area contributed by atoms with Crippen molar-refractivity contribution in [1.82, 2.24) is 0 Å². The van der Waals surface area contributed by atoms with Crippen LogP contribution in [0.15, 0.2) is 0 Å². The number of ether oxygens (including phenoxy) is 6. The number of unbranched alkanes of at least 4 members (excludes halogenated alkanes) is 35.